The number of halogens is 3. The minimum absolute atomic E-state index is 0.206. The van der Waals surface area contributed by atoms with Crippen molar-refractivity contribution in [3.63, 3.8) is 0 Å². The van der Waals surface area contributed by atoms with Crippen molar-refractivity contribution >= 4 is 33.2 Å². The monoisotopic (exact) mass is 367 g/mol. The van der Waals surface area contributed by atoms with Crippen molar-refractivity contribution in [3.8, 4) is 17.1 Å². The first-order valence-corrected chi connectivity index (χ1v) is 7.02. The molecule has 1 aromatic heterocycles. The van der Waals surface area contributed by atoms with Crippen molar-refractivity contribution < 1.29 is 4.39 Å². The Morgan fingerprint density at radius 1 is 1.19 bits per heavy atom. The second kappa shape index (κ2) is 5.42. The van der Waals surface area contributed by atoms with Crippen LogP contribution in [0.15, 0.2) is 40.9 Å². The number of aromatic nitrogens is 4. The maximum Gasteiger partial charge on any atom is 0.187 e. The van der Waals surface area contributed by atoms with Crippen LogP contribution in [0.1, 0.15) is 0 Å². The minimum Gasteiger partial charge on any atom is -0.399 e. The van der Waals surface area contributed by atoms with E-state index in [9.17, 15) is 4.39 Å². The van der Waals surface area contributed by atoms with Gasteiger partial charge in [0.25, 0.3) is 0 Å². The minimum atomic E-state index is -0.515. The average molecular weight is 369 g/mol. The fraction of sp³-hybridized carbons (Fsp3) is 0. The molecular formula is C13H8BrClFN5. The molecule has 0 unspecified atom stereocenters. The Bertz CT molecular complexity index is 800. The van der Waals surface area contributed by atoms with Crippen molar-refractivity contribution in [3.05, 3.63) is 51.7 Å². The van der Waals surface area contributed by atoms with Crippen LogP contribution in [-0.2, 0) is 0 Å². The molecule has 0 amide bonds. The summed E-state index contributed by atoms with van der Waals surface area (Å²) < 4.78 is 16.1. The van der Waals surface area contributed by atoms with Crippen molar-refractivity contribution in [1.29, 1.82) is 0 Å². The van der Waals surface area contributed by atoms with Gasteiger partial charge < -0.3 is 5.73 Å². The van der Waals surface area contributed by atoms with Crippen molar-refractivity contribution in [2.45, 2.75) is 0 Å². The van der Waals surface area contributed by atoms with Crippen LogP contribution in [0.25, 0.3) is 17.1 Å². The Balaban J connectivity index is 2.17. The normalized spacial score (nSPS) is 10.8. The van der Waals surface area contributed by atoms with Gasteiger partial charge in [-0.1, -0.05) is 27.5 Å². The Hall–Kier alpha value is -1.99. The molecular weight excluding hydrogens is 361 g/mol. The van der Waals surface area contributed by atoms with Crippen LogP contribution in [0.3, 0.4) is 0 Å². The number of benzene rings is 2. The van der Waals surface area contributed by atoms with Crippen molar-refractivity contribution in [2.24, 2.45) is 0 Å². The van der Waals surface area contributed by atoms with Gasteiger partial charge in [0.2, 0.25) is 0 Å². The molecule has 106 valence electrons. The van der Waals surface area contributed by atoms with Gasteiger partial charge in [0.15, 0.2) is 5.82 Å². The van der Waals surface area contributed by atoms with Crippen LogP contribution in [0.5, 0.6) is 0 Å². The highest BCUT2D eigenvalue weighted by Crippen LogP contribution is 2.27. The predicted octanol–water partition coefficient (Wildman–Crippen LogP) is 3.47. The van der Waals surface area contributed by atoms with Gasteiger partial charge in [-0.05, 0) is 46.8 Å². The lowest BCUT2D eigenvalue weighted by atomic mass is 10.2. The Labute approximate surface area is 132 Å². The van der Waals surface area contributed by atoms with E-state index in [1.807, 2.05) is 0 Å². The van der Waals surface area contributed by atoms with Gasteiger partial charge in [-0.3, -0.25) is 0 Å². The molecule has 0 spiro atoms. The van der Waals surface area contributed by atoms with E-state index in [-0.39, 0.29) is 5.69 Å². The number of rotatable bonds is 2. The predicted molar refractivity (Wildman–Crippen MR) is 81.7 cm³/mol. The fourth-order valence-corrected chi connectivity index (χ4v) is 2.59. The smallest absolute Gasteiger partial charge is 0.187 e. The molecule has 0 aliphatic rings. The van der Waals surface area contributed by atoms with Crippen LogP contribution in [0.2, 0.25) is 5.02 Å². The molecule has 8 heteroatoms. The molecule has 0 atom stereocenters. The van der Waals surface area contributed by atoms with E-state index < -0.39 is 5.82 Å². The van der Waals surface area contributed by atoms with Gasteiger partial charge in [-0.2, -0.15) is 4.68 Å². The number of anilines is 1. The molecule has 3 aromatic rings. The first-order valence-electron chi connectivity index (χ1n) is 5.85. The molecule has 3 rings (SSSR count). The number of hydrogen-bond donors (Lipinski definition) is 1. The van der Waals surface area contributed by atoms with E-state index >= 15 is 0 Å². The standard InChI is InChI=1S/C13H8BrClFN5/c14-8-3-7(4-10(17)5-8)13-18-19-20-21(13)12-2-1-9(15)6-11(12)16/h1-6H,17H2. The molecule has 21 heavy (non-hydrogen) atoms. The third kappa shape index (κ3) is 2.74. The third-order valence-corrected chi connectivity index (χ3v) is 3.48. The summed E-state index contributed by atoms with van der Waals surface area (Å²) in [6.45, 7) is 0. The van der Waals surface area contributed by atoms with E-state index in [0.29, 0.717) is 22.1 Å². The maximum absolute atomic E-state index is 14.0. The van der Waals surface area contributed by atoms with E-state index in [1.54, 1.807) is 24.3 Å². The van der Waals surface area contributed by atoms with Gasteiger partial charge in [-0.25, -0.2) is 4.39 Å². The summed E-state index contributed by atoms with van der Waals surface area (Å²) in [7, 11) is 0. The quantitative estimate of drug-likeness (QED) is 0.703. The maximum atomic E-state index is 14.0. The van der Waals surface area contributed by atoms with Gasteiger partial charge in [0.1, 0.15) is 11.5 Å². The SMILES string of the molecule is Nc1cc(Br)cc(-c2nnnn2-c2ccc(Cl)cc2F)c1. The van der Waals surface area contributed by atoms with E-state index in [2.05, 4.69) is 31.5 Å². The Morgan fingerprint density at radius 3 is 2.71 bits per heavy atom. The molecule has 0 aliphatic heterocycles. The molecule has 0 fully saturated rings. The van der Waals surface area contributed by atoms with E-state index in [1.165, 1.54) is 16.8 Å². The molecule has 5 nitrogen and oxygen atoms in total. The number of nitrogens with two attached hydrogens (primary N) is 1. The summed E-state index contributed by atoms with van der Waals surface area (Å²) in [6, 6.07) is 9.55. The zero-order valence-electron chi connectivity index (χ0n) is 10.5. The van der Waals surface area contributed by atoms with E-state index in [0.717, 1.165) is 4.47 Å². The lowest BCUT2D eigenvalue weighted by Crippen LogP contribution is -2.03. The summed E-state index contributed by atoms with van der Waals surface area (Å²) in [4.78, 5) is 0. The molecule has 0 radical (unpaired) electrons. The average Bonchev–Trinajstić information content (AvgIpc) is 2.86. The number of tetrazole rings is 1. The fourth-order valence-electron chi connectivity index (χ4n) is 1.92. The second-order valence-electron chi connectivity index (χ2n) is 4.28. The molecule has 0 saturated carbocycles. The van der Waals surface area contributed by atoms with Gasteiger partial charge >= 0.3 is 0 Å². The molecule has 1 heterocycles. The van der Waals surface area contributed by atoms with Crippen LogP contribution >= 0.6 is 27.5 Å². The number of hydrogen-bond acceptors (Lipinski definition) is 4. The highest BCUT2D eigenvalue weighted by atomic mass is 79.9. The lowest BCUT2D eigenvalue weighted by molar-refractivity contribution is 0.608. The Morgan fingerprint density at radius 2 is 2.00 bits per heavy atom. The zero-order valence-corrected chi connectivity index (χ0v) is 12.8. The topological polar surface area (TPSA) is 69.6 Å². The van der Waals surface area contributed by atoms with Crippen LogP contribution in [-0.4, -0.2) is 20.2 Å². The lowest BCUT2D eigenvalue weighted by Gasteiger charge is -2.07. The van der Waals surface area contributed by atoms with Crippen LogP contribution < -0.4 is 5.73 Å². The summed E-state index contributed by atoms with van der Waals surface area (Å²) in [5, 5.41) is 11.7. The largest absolute Gasteiger partial charge is 0.399 e. The Kier molecular flexibility index (Phi) is 3.60. The van der Waals surface area contributed by atoms with Gasteiger partial charge in [-0.15, -0.1) is 5.10 Å². The zero-order chi connectivity index (χ0) is 15.0. The molecule has 2 aromatic carbocycles. The molecule has 0 saturated heterocycles. The second-order valence-corrected chi connectivity index (χ2v) is 5.64. The highest BCUT2D eigenvalue weighted by Gasteiger charge is 2.15. The summed E-state index contributed by atoms with van der Waals surface area (Å²) >= 11 is 9.11. The summed E-state index contributed by atoms with van der Waals surface area (Å²) in [5.41, 5.74) is 7.23. The van der Waals surface area contributed by atoms with Gasteiger partial charge in [0, 0.05) is 20.7 Å². The van der Waals surface area contributed by atoms with Crippen LogP contribution in [0, 0.1) is 5.82 Å². The first kappa shape index (κ1) is 14.0. The van der Waals surface area contributed by atoms with E-state index in [4.69, 9.17) is 17.3 Å². The van der Waals surface area contributed by atoms with Gasteiger partial charge in [0.05, 0.1) is 0 Å². The molecule has 2 N–H and O–H groups in total. The van der Waals surface area contributed by atoms with Crippen molar-refractivity contribution in [1.82, 2.24) is 20.2 Å². The highest BCUT2D eigenvalue weighted by molar-refractivity contribution is 9.10. The summed E-state index contributed by atoms with van der Waals surface area (Å²) in [5.74, 6) is -0.136. The van der Waals surface area contributed by atoms with Crippen molar-refractivity contribution in [2.75, 3.05) is 5.73 Å². The summed E-state index contributed by atoms with van der Waals surface area (Å²) in [6.07, 6.45) is 0. The number of nitrogen functional groups attached to an aromatic ring is 1. The first-order chi connectivity index (χ1) is 10.0. The third-order valence-electron chi connectivity index (χ3n) is 2.79. The molecule has 0 aliphatic carbocycles. The number of nitrogens with zero attached hydrogens (tertiary/aromatic N) is 4. The van der Waals surface area contributed by atoms with Crippen LogP contribution in [0.4, 0.5) is 10.1 Å². The molecule has 0 bridgehead atoms.